The minimum absolute atomic E-state index is 0. The SMILES string of the molecule is Cc1ccc2ccc3ccc(C)nc3c2n1.[C-]#[O+].[C-]#[O+].[Mo+2].c1ccc([PH+](c2ccccc2)c2ccccc2)cc1.c1ccc([PH+](c2ccccc2)c2ccccc2)cc1. The molecule has 0 spiro atoms. The quantitative estimate of drug-likeness (QED) is 0.0549. The second-order valence-corrected chi connectivity index (χ2v) is 18.0. The predicted molar refractivity (Wildman–Crippen MR) is 247 cm³/mol. The summed E-state index contributed by atoms with van der Waals surface area (Å²) in [7, 11) is -1.75. The molecule has 7 heteroatoms. The summed E-state index contributed by atoms with van der Waals surface area (Å²) in [4.78, 5) is 9.16. The van der Waals surface area contributed by atoms with Crippen LogP contribution in [0, 0.1) is 27.1 Å². The van der Waals surface area contributed by atoms with Crippen LogP contribution in [0.4, 0.5) is 0 Å². The van der Waals surface area contributed by atoms with Gasteiger partial charge in [0.1, 0.15) is 31.8 Å². The molecule has 0 saturated heterocycles. The molecule has 59 heavy (non-hydrogen) atoms. The van der Waals surface area contributed by atoms with Crippen LogP contribution in [0.25, 0.3) is 21.8 Å². The first-order chi connectivity index (χ1) is 28.6. The van der Waals surface area contributed by atoms with Crippen molar-refractivity contribution < 1.29 is 30.4 Å². The van der Waals surface area contributed by atoms with Crippen LogP contribution in [-0.2, 0) is 30.4 Å². The molecule has 0 unspecified atom stereocenters. The Balaban J connectivity index is 0.000000186. The fourth-order valence-corrected chi connectivity index (χ4v) is 11.7. The molecule has 9 rings (SSSR count). The molecule has 2 heterocycles. The average molecular weight is 887 g/mol. The third kappa shape index (κ3) is 12.9. The predicted octanol–water partition coefficient (Wildman–Crippen LogP) is 9.68. The second-order valence-electron chi connectivity index (χ2n) is 13.1. The summed E-state index contributed by atoms with van der Waals surface area (Å²) in [6, 6.07) is 77.5. The van der Waals surface area contributed by atoms with Crippen molar-refractivity contribution >= 4 is 69.5 Å². The summed E-state index contributed by atoms with van der Waals surface area (Å²) in [5.74, 6) is 0. The Bertz CT molecular complexity index is 2240. The Morgan fingerprint density at radius 2 is 0.492 bits per heavy atom. The molecule has 0 aliphatic carbocycles. The Morgan fingerprint density at radius 3 is 0.695 bits per heavy atom. The maximum atomic E-state index is 7.50. The van der Waals surface area contributed by atoms with E-state index >= 15 is 0 Å². The molecule has 7 aromatic carbocycles. The fourth-order valence-electron chi connectivity index (χ4n) is 6.59. The minimum Gasteiger partial charge on any atom is -0.0620 e. The van der Waals surface area contributed by atoms with Gasteiger partial charge in [-0.3, -0.25) is 9.97 Å². The number of nitrogens with zero attached hydrogens (tertiary/aromatic N) is 2. The van der Waals surface area contributed by atoms with Crippen LogP contribution in [0.1, 0.15) is 11.4 Å². The van der Waals surface area contributed by atoms with Gasteiger partial charge in [0.2, 0.25) is 0 Å². The standard InChI is InChI=1S/2C18H15P.C14H12N2.2CO.Mo/c2*1-4-10-16(11-5-1)19(17-12-6-2-7-13-17)18-14-8-3-9-15-18;1-9-3-5-11-7-8-12-6-4-10(2)16-14(12)13(11)15-9;2*1-2;/h2*1-15H;3-8H,1-2H3;;;/q;;;;;+2/p+2. The molecule has 2 aromatic heterocycles. The molecule has 0 N–H and O–H groups in total. The molecular formula is C52H44MoN2O2P2+4. The molecule has 0 radical (unpaired) electrons. The van der Waals surface area contributed by atoms with E-state index in [0.717, 1.165) is 33.2 Å². The summed E-state index contributed by atoms with van der Waals surface area (Å²) in [5, 5.41) is 10.9. The molecule has 0 amide bonds. The first-order valence-electron chi connectivity index (χ1n) is 18.7. The largest absolute Gasteiger partial charge is 2.00 e. The van der Waals surface area contributed by atoms with Crippen molar-refractivity contribution in [2.45, 2.75) is 13.8 Å². The first kappa shape index (κ1) is 46.1. The first-order valence-corrected chi connectivity index (χ1v) is 21.7. The van der Waals surface area contributed by atoms with Gasteiger partial charge in [0, 0.05) is 22.2 Å². The number of rotatable bonds is 6. The maximum absolute atomic E-state index is 7.50. The van der Waals surface area contributed by atoms with E-state index < -0.39 is 15.8 Å². The number of hydrogen-bond acceptors (Lipinski definition) is 2. The normalized spacial score (nSPS) is 9.90. The molecule has 0 fully saturated rings. The Kier molecular flexibility index (Phi) is 19.5. The van der Waals surface area contributed by atoms with Crippen molar-refractivity contribution in [2.75, 3.05) is 0 Å². The van der Waals surface area contributed by atoms with E-state index in [9.17, 15) is 0 Å². The summed E-state index contributed by atoms with van der Waals surface area (Å²) in [5.41, 5.74) is 4.06. The van der Waals surface area contributed by atoms with Crippen molar-refractivity contribution in [1.29, 1.82) is 0 Å². The van der Waals surface area contributed by atoms with Crippen molar-refractivity contribution in [2.24, 2.45) is 0 Å². The molecule has 286 valence electrons. The monoisotopic (exact) mass is 888 g/mol. The van der Waals surface area contributed by atoms with Crippen molar-refractivity contribution in [3.8, 4) is 0 Å². The number of aromatic nitrogens is 2. The van der Waals surface area contributed by atoms with Crippen LogP contribution in [0.5, 0.6) is 0 Å². The Labute approximate surface area is 364 Å². The minimum atomic E-state index is -0.877. The van der Waals surface area contributed by atoms with E-state index in [4.69, 9.17) is 9.30 Å². The Hall–Kier alpha value is -5.61. The van der Waals surface area contributed by atoms with Gasteiger partial charge in [0.15, 0.2) is 0 Å². The van der Waals surface area contributed by atoms with Crippen LogP contribution in [0.15, 0.2) is 218 Å². The molecule has 4 nitrogen and oxygen atoms in total. The zero-order chi connectivity index (χ0) is 41.0. The number of aryl methyl sites for hydroxylation is 2. The van der Waals surface area contributed by atoms with Crippen molar-refractivity contribution in [3.05, 3.63) is 243 Å². The van der Waals surface area contributed by atoms with Gasteiger partial charge in [0.25, 0.3) is 0 Å². The van der Waals surface area contributed by atoms with Crippen LogP contribution in [0.2, 0.25) is 0 Å². The number of pyridine rings is 2. The van der Waals surface area contributed by atoms with Crippen molar-refractivity contribution in [3.63, 3.8) is 0 Å². The van der Waals surface area contributed by atoms with Crippen molar-refractivity contribution in [1.82, 2.24) is 9.97 Å². The molecule has 0 aliphatic heterocycles. The van der Waals surface area contributed by atoms with Crippen LogP contribution in [0.3, 0.4) is 0 Å². The van der Waals surface area contributed by atoms with Gasteiger partial charge in [-0.2, -0.15) is 0 Å². The molecule has 0 bridgehead atoms. The molecule has 0 saturated carbocycles. The zero-order valence-corrected chi connectivity index (χ0v) is 36.9. The molecule has 0 aliphatic rings. The average Bonchev–Trinajstić information content (AvgIpc) is 3.31. The van der Waals surface area contributed by atoms with E-state index in [2.05, 4.69) is 230 Å². The van der Waals surface area contributed by atoms with Gasteiger partial charge < -0.3 is 0 Å². The topological polar surface area (TPSA) is 65.6 Å². The molecular weight excluding hydrogens is 842 g/mol. The van der Waals surface area contributed by atoms with E-state index in [-0.39, 0.29) is 21.1 Å². The van der Waals surface area contributed by atoms with E-state index in [0.29, 0.717) is 0 Å². The van der Waals surface area contributed by atoms with Gasteiger partial charge in [-0.05, 0) is 98.8 Å². The zero-order valence-electron chi connectivity index (χ0n) is 32.9. The number of fused-ring (bicyclic) bond motifs is 3. The summed E-state index contributed by atoms with van der Waals surface area (Å²) >= 11 is 0. The summed E-state index contributed by atoms with van der Waals surface area (Å²) in [6.07, 6.45) is 0. The van der Waals surface area contributed by atoms with Gasteiger partial charge in [-0.25, -0.2) is 0 Å². The van der Waals surface area contributed by atoms with Gasteiger partial charge in [0.05, 0.1) is 26.9 Å². The van der Waals surface area contributed by atoms with E-state index in [1.165, 1.54) is 31.8 Å². The number of hydrogen-bond donors (Lipinski definition) is 0. The third-order valence-electron chi connectivity index (χ3n) is 9.17. The van der Waals surface area contributed by atoms with E-state index in [1.54, 1.807) is 0 Å². The van der Waals surface area contributed by atoms with Crippen LogP contribution in [-0.4, -0.2) is 9.97 Å². The van der Waals surface area contributed by atoms with Gasteiger partial charge in [-0.15, -0.1) is 0 Å². The summed E-state index contributed by atoms with van der Waals surface area (Å²) < 4.78 is 15.0. The Morgan fingerprint density at radius 1 is 0.305 bits per heavy atom. The third-order valence-corrected chi connectivity index (χ3v) is 14.6. The van der Waals surface area contributed by atoms with E-state index in [1.807, 2.05) is 26.0 Å². The maximum Gasteiger partial charge on any atom is 2.00 e. The number of benzene rings is 7. The van der Waals surface area contributed by atoms with Gasteiger partial charge in [-0.1, -0.05) is 133 Å². The van der Waals surface area contributed by atoms with Crippen LogP contribution >= 0.6 is 15.8 Å². The smallest absolute Gasteiger partial charge is 0.0620 e. The molecule has 9 aromatic rings. The van der Waals surface area contributed by atoms with Gasteiger partial charge >= 0.3 is 43.7 Å². The fraction of sp³-hybridized carbons (Fsp3) is 0.0385. The van der Waals surface area contributed by atoms with Crippen LogP contribution < -0.4 is 31.8 Å². The second kappa shape index (κ2) is 25.0. The summed E-state index contributed by atoms with van der Waals surface area (Å²) in [6.45, 7) is 13.0. The molecule has 0 atom stereocenters.